The van der Waals surface area contributed by atoms with Gasteiger partial charge in [-0.2, -0.15) is 0 Å². The molecule has 4 heteroatoms. The second kappa shape index (κ2) is 8.84. The Hall–Kier alpha value is -2.36. The molecule has 1 aliphatic rings. The predicted octanol–water partition coefficient (Wildman–Crippen LogP) is 4.36. The maximum absolute atomic E-state index is 4.33. The monoisotopic (exact) mass is 365 g/mol. The van der Waals surface area contributed by atoms with Crippen LogP contribution >= 0.6 is 12.4 Å². The molecule has 0 radical (unpaired) electrons. The van der Waals surface area contributed by atoms with Crippen molar-refractivity contribution < 1.29 is 0 Å². The summed E-state index contributed by atoms with van der Waals surface area (Å²) in [5.41, 5.74) is 6.61. The van der Waals surface area contributed by atoms with E-state index in [1.54, 1.807) is 0 Å². The average Bonchev–Trinajstić information content (AvgIpc) is 3.07. The van der Waals surface area contributed by atoms with E-state index < -0.39 is 0 Å². The maximum atomic E-state index is 4.33. The highest BCUT2D eigenvalue weighted by Crippen LogP contribution is 2.28. The van der Waals surface area contributed by atoms with Crippen molar-refractivity contribution in [3.8, 4) is 0 Å². The summed E-state index contributed by atoms with van der Waals surface area (Å²) in [7, 11) is 0. The second-order valence-electron chi connectivity index (χ2n) is 6.54. The number of nitrogens with zero attached hydrogens (tertiary/aromatic N) is 2. The van der Waals surface area contributed by atoms with Gasteiger partial charge in [0.15, 0.2) is 0 Å². The van der Waals surface area contributed by atoms with Gasteiger partial charge >= 0.3 is 0 Å². The first kappa shape index (κ1) is 18.4. The minimum atomic E-state index is 0. The van der Waals surface area contributed by atoms with Gasteiger partial charge in [0, 0.05) is 38.1 Å². The van der Waals surface area contributed by atoms with Crippen LogP contribution in [0.3, 0.4) is 0 Å². The SMILES string of the molecule is Cl.c1ccc(CNCc2ccc(CN3CCc4ccccc43)cc2)nc1. The lowest BCUT2D eigenvalue weighted by Gasteiger charge is -2.19. The largest absolute Gasteiger partial charge is 0.367 e. The third kappa shape index (κ3) is 4.43. The van der Waals surface area contributed by atoms with Gasteiger partial charge in [-0.05, 0) is 41.3 Å². The van der Waals surface area contributed by atoms with E-state index in [0.717, 1.165) is 38.3 Å². The lowest BCUT2D eigenvalue weighted by Crippen LogP contribution is -2.19. The van der Waals surface area contributed by atoms with Crippen molar-refractivity contribution in [1.29, 1.82) is 0 Å². The van der Waals surface area contributed by atoms with E-state index >= 15 is 0 Å². The van der Waals surface area contributed by atoms with E-state index in [1.807, 2.05) is 24.4 Å². The number of hydrogen-bond acceptors (Lipinski definition) is 3. The smallest absolute Gasteiger partial charge is 0.0541 e. The second-order valence-corrected chi connectivity index (χ2v) is 6.54. The van der Waals surface area contributed by atoms with E-state index in [0.29, 0.717) is 0 Å². The highest BCUT2D eigenvalue weighted by atomic mass is 35.5. The standard InChI is InChI=1S/C22H23N3.ClH/c1-2-7-22-20(5-1)12-14-25(22)17-19-10-8-18(9-11-19)15-23-16-21-6-3-4-13-24-21;/h1-11,13,23H,12,14-17H2;1H. The first-order valence-electron chi connectivity index (χ1n) is 8.90. The minimum absolute atomic E-state index is 0. The van der Waals surface area contributed by atoms with Crippen LogP contribution in [0.5, 0.6) is 0 Å². The molecule has 0 fully saturated rings. The summed E-state index contributed by atoms with van der Waals surface area (Å²) in [4.78, 5) is 6.81. The fourth-order valence-corrected chi connectivity index (χ4v) is 3.39. The molecule has 0 unspecified atom stereocenters. The topological polar surface area (TPSA) is 28.2 Å². The summed E-state index contributed by atoms with van der Waals surface area (Å²) < 4.78 is 0. The Morgan fingerprint density at radius 1 is 0.846 bits per heavy atom. The molecule has 2 heterocycles. The molecule has 3 nitrogen and oxygen atoms in total. The molecule has 1 aromatic heterocycles. The van der Waals surface area contributed by atoms with E-state index in [4.69, 9.17) is 0 Å². The molecule has 0 atom stereocenters. The molecule has 134 valence electrons. The molecular formula is C22H24ClN3. The van der Waals surface area contributed by atoms with Crippen LogP contribution in [-0.4, -0.2) is 11.5 Å². The Kier molecular flexibility index (Phi) is 6.26. The third-order valence-corrected chi connectivity index (χ3v) is 4.74. The molecule has 0 bridgehead atoms. The van der Waals surface area contributed by atoms with Gasteiger partial charge in [-0.15, -0.1) is 12.4 Å². The molecule has 4 rings (SSSR count). The maximum Gasteiger partial charge on any atom is 0.0541 e. The Labute approximate surface area is 161 Å². The fraction of sp³-hybridized carbons (Fsp3) is 0.227. The van der Waals surface area contributed by atoms with Crippen LogP contribution in [0.25, 0.3) is 0 Å². The highest BCUT2D eigenvalue weighted by molar-refractivity contribution is 5.85. The van der Waals surface area contributed by atoms with Gasteiger partial charge in [0.2, 0.25) is 0 Å². The van der Waals surface area contributed by atoms with Crippen molar-refractivity contribution in [3.63, 3.8) is 0 Å². The predicted molar refractivity (Wildman–Crippen MR) is 110 cm³/mol. The summed E-state index contributed by atoms with van der Waals surface area (Å²) in [5, 5.41) is 3.45. The summed E-state index contributed by atoms with van der Waals surface area (Å²) in [5.74, 6) is 0. The van der Waals surface area contributed by atoms with Crippen molar-refractivity contribution in [1.82, 2.24) is 10.3 Å². The van der Waals surface area contributed by atoms with Crippen LogP contribution in [0, 0.1) is 0 Å². The zero-order valence-electron chi connectivity index (χ0n) is 14.8. The number of aromatic nitrogens is 1. The van der Waals surface area contributed by atoms with Gasteiger partial charge in [0.1, 0.15) is 0 Å². The minimum Gasteiger partial charge on any atom is -0.367 e. The summed E-state index contributed by atoms with van der Waals surface area (Å²) >= 11 is 0. The normalized spacial score (nSPS) is 12.5. The molecule has 0 aliphatic carbocycles. The van der Waals surface area contributed by atoms with Crippen LogP contribution in [-0.2, 0) is 26.1 Å². The van der Waals surface area contributed by atoms with Crippen molar-refractivity contribution >= 4 is 18.1 Å². The number of halogens is 1. The Morgan fingerprint density at radius 3 is 2.42 bits per heavy atom. The van der Waals surface area contributed by atoms with Crippen molar-refractivity contribution in [3.05, 3.63) is 95.3 Å². The van der Waals surface area contributed by atoms with Crippen LogP contribution in [0.15, 0.2) is 72.9 Å². The summed E-state index contributed by atoms with van der Waals surface area (Å²) in [6, 6.07) is 23.7. The quantitative estimate of drug-likeness (QED) is 0.703. The molecule has 0 saturated heterocycles. The number of pyridine rings is 1. The Bertz CT molecular complexity index is 818. The van der Waals surface area contributed by atoms with Gasteiger partial charge in [0.25, 0.3) is 0 Å². The zero-order valence-corrected chi connectivity index (χ0v) is 15.6. The number of nitrogens with one attached hydrogen (secondary N) is 1. The van der Waals surface area contributed by atoms with Crippen LogP contribution in [0.2, 0.25) is 0 Å². The molecule has 1 aliphatic heterocycles. The molecule has 0 spiro atoms. The zero-order chi connectivity index (χ0) is 16.9. The van der Waals surface area contributed by atoms with Gasteiger partial charge in [-0.25, -0.2) is 0 Å². The number of rotatable bonds is 6. The Morgan fingerprint density at radius 2 is 1.62 bits per heavy atom. The van der Waals surface area contributed by atoms with E-state index in [1.165, 1.54) is 22.4 Å². The van der Waals surface area contributed by atoms with Crippen molar-refractivity contribution in [2.24, 2.45) is 0 Å². The lowest BCUT2D eigenvalue weighted by atomic mass is 10.1. The van der Waals surface area contributed by atoms with E-state index in [2.05, 4.69) is 63.7 Å². The van der Waals surface area contributed by atoms with E-state index in [-0.39, 0.29) is 12.4 Å². The highest BCUT2D eigenvalue weighted by Gasteiger charge is 2.17. The third-order valence-electron chi connectivity index (χ3n) is 4.74. The molecule has 0 amide bonds. The molecule has 26 heavy (non-hydrogen) atoms. The number of anilines is 1. The van der Waals surface area contributed by atoms with Crippen LogP contribution < -0.4 is 10.2 Å². The molecule has 3 aromatic rings. The van der Waals surface area contributed by atoms with Gasteiger partial charge < -0.3 is 10.2 Å². The number of benzene rings is 2. The first-order chi connectivity index (χ1) is 12.4. The molecular weight excluding hydrogens is 342 g/mol. The number of para-hydroxylation sites is 1. The average molecular weight is 366 g/mol. The number of hydrogen-bond donors (Lipinski definition) is 1. The molecule has 1 N–H and O–H groups in total. The Balaban J connectivity index is 0.00000196. The van der Waals surface area contributed by atoms with Gasteiger partial charge in [-0.3, -0.25) is 4.98 Å². The summed E-state index contributed by atoms with van der Waals surface area (Å²) in [6.45, 7) is 3.77. The van der Waals surface area contributed by atoms with Gasteiger partial charge in [0.05, 0.1) is 5.69 Å². The first-order valence-corrected chi connectivity index (χ1v) is 8.90. The molecule has 2 aromatic carbocycles. The van der Waals surface area contributed by atoms with Crippen LogP contribution in [0.4, 0.5) is 5.69 Å². The molecule has 0 saturated carbocycles. The van der Waals surface area contributed by atoms with E-state index in [9.17, 15) is 0 Å². The van der Waals surface area contributed by atoms with Crippen molar-refractivity contribution in [2.75, 3.05) is 11.4 Å². The lowest BCUT2D eigenvalue weighted by molar-refractivity contribution is 0.679. The van der Waals surface area contributed by atoms with Crippen molar-refractivity contribution in [2.45, 2.75) is 26.1 Å². The van der Waals surface area contributed by atoms with Gasteiger partial charge in [-0.1, -0.05) is 48.5 Å². The fourth-order valence-electron chi connectivity index (χ4n) is 3.39. The summed E-state index contributed by atoms with van der Waals surface area (Å²) in [6.07, 6.45) is 2.99. The van der Waals surface area contributed by atoms with Crippen LogP contribution in [0.1, 0.15) is 22.4 Å². The number of fused-ring (bicyclic) bond motifs is 1.